The maximum atomic E-state index is 13.6. The minimum Gasteiger partial charge on any atom is -0.352 e. The van der Waals surface area contributed by atoms with E-state index in [-0.39, 0.29) is 29.2 Å². The van der Waals surface area contributed by atoms with Gasteiger partial charge in [0.1, 0.15) is 18.4 Å². The topological polar surface area (TPSA) is 86.8 Å². The Morgan fingerprint density at radius 1 is 1.12 bits per heavy atom. The predicted molar refractivity (Wildman–Crippen MR) is 128 cm³/mol. The molecule has 0 heterocycles. The van der Waals surface area contributed by atoms with Crippen LogP contribution in [0.1, 0.15) is 32.8 Å². The van der Waals surface area contributed by atoms with Gasteiger partial charge in [0.2, 0.25) is 21.8 Å². The second kappa shape index (κ2) is 11.5. The van der Waals surface area contributed by atoms with Crippen LogP contribution < -0.4 is 9.62 Å². The SMILES string of the molecule is CC[C@H](C)NC(=O)[C@H](C)N(Cc1ccccc1)C(=O)CN(c1ccc(F)c(Cl)c1)S(C)(=O)=O. The minimum absolute atomic E-state index is 0.0496. The molecular weight excluding hydrogens is 469 g/mol. The van der Waals surface area contributed by atoms with Gasteiger partial charge in [-0.3, -0.25) is 13.9 Å². The van der Waals surface area contributed by atoms with Crippen LogP contribution in [-0.4, -0.2) is 50.0 Å². The first-order valence-corrected chi connectivity index (χ1v) is 12.7. The van der Waals surface area contributed by atoms with Crippen molar-refractivity contribution in [1.82, 2.24) is 10.2 Å². The monoisotopic (exact) mass is 497 g/mol. The maximum Gasteiger partial charge on any atom is 0.244 e. The average molecular weight is 498 g/mol. The molecule has 0 spiro atoms. The van der Waals surface area contributed by atoms with Gasteiger partial charge in [-0.2, -0.15) is 0 Å². The van der Waals surface area contributed by atoms with E-state index < -0.39 is 34.3 Å². The molecule has 0 aliphatic carbocycles. The fraction of sp³-hybridized carbons (Fsp3) is 0.391. The minimum atomic E-state index is -3.91. The van der Waals surface area contributed by atoms with E-state index in [1.54, 1.807) is 6.92 Å². The zero-order chi connectivity index (χ0) is 24.8. The zero-order valence-electron chi connectivity index (χ0n) is 19.1. The van der Waals surface area contributed by atoms with E-state index in [4.69, 9.17) is 11.6 Å². The summed E-state index contributed by atoms with van der Waals surface area (Å²) in [6.45, 7) is 4.92. The summed E-state index contributed by atoms with van der Waals surface area (Å²) in [5.41, 5.74) is 0.832. The number of hydrogen-bond acceptors (Lipinski definition) is 4. The quantitative estimate of drug-likeness (QED) is 0.543. The first-order valence-electron chi connectivity index (χ1n) is 10.5. The standard InChI is InChI=1S/C23H29ClFN3O4S/c1-5-16(2)26-23(30)17(3)27(14-18-9-7-6-8-10-18)22(29)15-28(33(4,31)32)19-11-12-21(25)20(24)13-19/h6-13,16-17H,5,14-15H2,1-4H3,(H,26,30)/t16-,17-/m0/s1. The molecule has 10 heteroatoms. The summed E-state index contributed by atoms with van der Waals surface area (Å²) in [4.78, 5) is 27.5. The Hall–Kier alpha value is -2.65. The van der Waals surface area contributed by atoms with Crippen molar-refractivity contribution in [1.29, 1.82) is 0 Å². The van der Waals surface area contributed by atoms with Crippen LogP contribution in [0.5, 0.6) is 0 Å². The van der Waals surface area contributed by atoms with Crippen molar-refractivity contribution >= 4 is 39.1 Å². The molecule has 0 fully saturated rings. The molecule has 2 atom stereocenters. The Morgan fingerprint density at radius 3 is 2.30 bits per heavy atom. The Labute approximate surface area is 199 Å². The molecule has 0 bridgehead atoms. The van der Waals surface area contributed by atoms with E-state index in [0.29, 0.717) is 0 Å². The first-order chi connectivity index (χ1) is 15.4. The third kappa shape index (κ3) is 7.43. The van der Waals surface area contributed by atoms with Crippen molar-refractivity contribution in [3.63, 3.8) is 0 Å². The lowest BCUT2D eigenvalue weighted by molar-refractivity contribution is -0.139. The normalized spacial score (nSPS) is 13.2. The first kappa shape index (κ1) is 26.6. The summed E-state index contributed by atoms with van der Waals surface area (Å²) >= 11 is 5.82. The number of nitrogens with one attached hydrogen (secondary N) is 1. The lowest BCUT2D eigenvalue weighted by atomic mass is 10.1. The van der Waals surface area contributed by atoms with Gasteiger partial charge in [0.15, 0.2) is 0 Å². The van der Waals surface area contributed by atoms with E-state index in [1.165, 1.54) is 11.0 Å². The van der Waals surface area contributed by atoms with Gasteiger partial charge in [-0.15, -0.1) is 0 Å². The fourth-order valence-electron chi connectivity index (χ4n) is 3.08. The van der Waals surface area contributed by atoms with Crippen LogP contribution in [-0.2, 0) is 26.2 Å². The van der Waals surface area contributed by atoms with Crippen LogP contribution in [0.4, 0.5) is 10.1 Å². The number of nitrogens with zero attached hydrogens (tertiary/aromatic N) is 2. The Morgan fingerprint density at radius 2 is 1.76 bits per heavy atom. The molecule has 0 aromatic heterocycles. The molecule has 0 unspecified atom stereocenters. The number of carbonyl (C=O) groups excluding carboxylic acids is 2. The average Bonchev–Trinajstić information content (AvgIpc) is 2.76. The van der Waals surface area contributed by atoms with Gasteiger partial charge in [0.05, 0.1) is 17.0 Å². The summed E-state index contributed by atoms with van der Waals surface area (Å²) in [6, 6.07) is 11.6. The molecule has 7 nitrogen and oxygen atoms in total. The molecule has 0 aliphatic rings. The van der Waals surface area contributed by atoms with Crippen LogP contribution in [0.25, 0.3) is 0 Å². The number of hydrogen-bond donors (Lipinski definition) is 1. The van der Waals surface area contributed by atoms with Gasteiger partial charge in [0, 0.05) is 12.6 Å². The number of rotatable bonds is 10. The molecule has 2 aromatic carbocycles. The number of anilines is 1. The molecule has 0 saturated carbocycles. The maximum absolute atomic E-state index is 13.6. The van der Waals surface area contributed by atoms with Crippen molar-refractivity contribution in [3.8, 4) is 0 Å². The zero-order valence-corrected chi connectivity index (χ0v) is 20.7. The molecule has 0 saturated heterocycles. The van der Waals surface area contributed by atoms with Gasteiger partial charge >= 0.3 is 0 Å². The molecule has 2 rings (SSSR count). The van der Waals surface area contributed by atoms with E-state index in [9.17, 15) is 22.4 Å². The van der Waals surface area contributed by atoms with Gasteiger partial charge in [-0.05, 0) is 44.0 Å². The van der Waals surface area contributed by atoms with Crippen LogP contribution in [0, 0.1) is 5.82 Å². The van der Waals surface area contributed by atoms with Crippen LogP contribution in [0.3, 0.4) is 0 Å². The third-order valence-electron chi connectivity index (χ3n) is 5.23. The van der Waals surface area contributed by atoms with Crippen LogP contribution in [0.15, 0.2) is 48.5 Å². The smallest absolute Gasteiger partial charge is 0.244 e. The molecule has 180 valence electrons. The summed E-state index contributed by atoms with van der Waals surface area (Å²) in [5.74, 6) is -1.64. The van der Waals surface area contributed by atoms with E-state index in [0.717, 1.165) is 34.7 Å². The Kier molecular flexibility index (Phi) is 9.25. The lowest BCUT2D eigenvalue weighted by Gasteiger charge is -2.32. The highest BCUT2D eigenvalue weighted by atomic mass is 35.5. The van der Waals surface area contributed by atoms with Gasteiger partial charge in [-0.1, -0.05) is 48.9 Å². The van der Waals surface area contributed by atoms with Crippen molar-refractivity contribution in [3.05, 3.63) is 64.9 Å². The summed E-state index contributed by atoms with van der Waals surface area (Å²) < 4.78 is 39.4. The highest BCUT2D eigenvalue weighted by molar-refractivity contribution is 7.92. The summed E-state index contributed by atoms with van der Waals surface area (Å²) in [7, 11) is -3.91. The number of halogens is 2. The highest BCUT2D eigenvalue weighted by Gasteiger charge is 2.30. The molecule has 1 N–H and O–H groups in total. The summed E-state index contributed by atoms with van der Waals surface area (Å²) in [6.07, 6.45) is 1.66. The van der Waals surface area contributed by atoms with Crippen molar-refractivity contribution in [2.24, 2.45) is 0 Å². The number of amides is 2. The molecule has 2 aromatic rings. The Bertz CT molecular complexity index is 1080. The second-order valence-electron chi connectivity index (χ2n) is 7.87. The molecular formula is C23H29ClFN3O4S. The van der Waals surface area contributed by atoms with Crippen molar-refractivity contribution in [2.45, 2.75) is 45.8 Å². The van der Waals surface area contributed by atoms with E-state index in [2.05, 4.69) is 5.32 Å². The van der Waals surface area contributed by atoms with Gasteiger partial charge in [0.25, 0.3) is 0 Å². The highest BCUT2D eigenvalue weighted by Crippen LogP contribution is 2.25. The second-order valence-corrected chi connectivity index (χ2v) is 10.2. The van der Waals surface area contributed by atoms with Crippen LogP contribution >= 0.6 is 11.6 Å². The third-order valence-corrected chi connectivity index (χ3v) is 6.66. The van der Waals surface area contributed by atoms with Gasteiger partial charge in [-0.25, -0.2) is 12.8 Å². The fourth-order valence-corrected chi connectivity index (χ4v) is 4.10. The summed E-state index contributed by atoms with van der Waals surface area (Å²) in [5, 5.41) is 2.59. The van der Waals surface area contributed by atoms with Crippen molar-refractivity contribution in [2.75, 3.05) is 17.1 Å². The largest absolute Gasteiger partial charge is 0.352 e. The molecule has 33 heavy (non-hydrogen) atoms. The molecule has 2 amide bonds. The van der Waals surface area contributed by atoms with E-state index >= 15 is 0 Å². The molecule has 0 aliphatic heterocycles. The number of carbonyl (C=O) groups is 2. The van der Waals surface area contributed by atoms with Crippen molar-refractivity contribution < 1.29 is 22.4 Å². The lowest BCUT2D eigenvalue weighted by Crippen LogP contribution is -2.52. The predicted octanol–water partition coefficient (Wildman–Crippen LogP) is 3.58. The van der Waals surface area contributed by atoms with E-state index in [1.807, 2.05) is 44.2 Å². The van der Waals surface area contributed by atoms with Crippen LogP contribution in [0.2, 0.25) is 5.02 Å². The number of sulfonamides is 1. The molecule has 0 radical (unpaired) electrons. The number of benzene rings is 2. The van der Waals surface area contributed by atoms with Gasteiger partial charge < -0.3 is 10.2 Å². The Balaban J connectivity index is 2.38.